The van der Waals surface area contributed by atoms with Gasteiger partial charge in [-0.15, -0.1) is 0 Å². The molecule has 6 nitrogen and oxygen atoms in total. The highest BCUT2D eigenvalue weighted by Gasteiger charge is 2.31. The van der Waals surface area contributed by atoms with Gasteiger partial charge in [-0.3, -0.25) is 5.10 Å². The Kier molecular flexibility index (Phi) is 5.95. The topological polar surface area (TPSA) is 84.4 Å². The first kappa shape index (κ1) is 23.2. The number of ether oxygens (including phenoxy) is 2. The van der Waals surface area contributed by atoms with E-state index in [0.29, 0.717) is 28.1 Å². The number of halogens is 3. The number of para-hydroxylation sites is 1. The number of nitrogens with one attached hydrogen (secondary N) is 1. The van der Waals surface area contributed by atoms with Gasteiger partial charge in [0.2, 0.25) is 0 Å². The van der Waals surface area contributed by atoms with Gasteiger partial charge in [0.05, 0.1) is 17.3 Å². The van der Waals surface area contributed by atoms with E-state index in [1.807, 2.05) is 18.2 Å². The van der Waals surface area contributed by atoms with Gasteiger partial charge in [-0.25, -0.2) is 4.79 Å². The average molecular weight is 470 g/mol. The van der Waals surface area contributed by atoms with Gasteiger partial charge < -0.3 is 14.6 Å². The van der Waals surface area contributed by atoms with E-state index < -0.39 is 29.4 Å². The Hall–Kier alpha value is -4.01. The van der Waals surface area contributed by atoms with Crippen molar-refractivity contribution in [1.82, 2.24) is 10.2 Å². The van der Waals surface area contributed by atoms with Crippen LogP contribution in [0.3, 0.4) is 0 Å². The number of hydrogen-bond acceptors (Lipinski definition) is 4. The predicted molar refractivity (Wildman–Crippen MR) is 119 cm³/mol. The van der Waals surface area contributed by atoms with Gasteiger partial charge >= 0.3 is 12.1 Å². The molecule has 4 rings (SSSR count). The van der Waals surface area contributed by atoms with E-state index in [9.17, 15) is 23.1 Å². The maximum atomic E-state index is 13.1. The van der Waals surface area contributed by atoms with Crippen LogP contribution in [0.1, 0.15) is 36.6 Å². The minimum absolute atomic E-state index is 0.335. The first-order valence-corrected chi connectivity index (χ1v) is 10.3. The van der Waals surface area contributed by atoms with Gasteiger partial charge in [0, 0.05) is 10.9 Å². The van der Waals surface area contributed by atoms with Crippen LogP contribution < -0.4 is 9.47 Å². The Labute approximate surface area is 192 Å². The first-order chi connectivity index (χ1) is 16.0. The SMILES string of the molecule is CC(C)(Oc1ccc(OC(c2ccc(C(F)(F)F)cc2)c2cccc3cn[nH]c23)cc1)C(=O)O. The maximum Gasteiger partial charge on any atom is 0.416 e. The molecule has 3 aromatic carbocycles. The average Bonchev–Trinajstić information content (AvgIpc) is 3.27. The summed E-state index contributed by atoms with van der Waals surface area (Å²) in [7, 11) is 0. The maximum absolute atomic E-state index is 13.1. The molecule has 0 aliphatic carbocycles. The van der Waals surface area contributed by atoms with E-state index >= 15 is 0 Å². The lowest BCUT2D eigenvalue weighted by molar-refractivity contribution is -0.152. The molecule has 0 spiro atoms. The summed E-state index contributed by atoms with van der Waals surface area (Å²) < 4.78 is 50.9. The smallest absolute Gasteiger partial charge is 0.416 e. The van der Waals surface area contributed by atoms with Gasteiger partial charge in [0.25, 0.3) is 0 Å². The van der Waals surface area contributed by atoms with Crippen molar-refractivity contribution in [3.63, 3.8) is 0 Å². The van der Waals surface area contributed by atoms with Crippen LogP contribution >= 0.6 is 0 Å². The minimum Gasteiger partial charge on any atom is -0.481 e. The molecule has 1 atom stereocenters. The minimum atomic E-state index is -4.45. The van der Waals surface area contributed by atoms with Crippen LogP contribution in [0.15, 0.2) is 72.9 Å². The fraction of sp³-hybridized carbons (Fsp3) is 0.200. The van der Waals surface area contributed by atoms with Crippen molar-refractivity contribution in [3.05, 3.63) is 89.6 Å². The molecule has 0 radical (unpaired) electrons. The number of carbonyl (C=O) groups is 1. The number of aliphatic carboxylic acids is 1. The molecule has 0 aliphatic heterocycles. The van der Waals surface area contributed by atoms with E-state index in [4.69, 9.17) is 9.47 Å². The second kappa shape index (κ2) is 8.74. The predicted octanol–water partition coefficient (Wildman–Crippen LogP) is 5.99. The van der Waals surface area contributed by atoms with E-state index in [0.717, 1.165) is 17.5 Å². The van der Waals surface area contributed by atoms with Crippen molar-refractivity contribution in [2.75, 3.05) is 0 Å². The van der Waals surface area contributed by atoms with Crippen LogP contribution in [-0.2, 0) is 11.0 Å². The summed E-state index contributed by atoms with van der Waals surface area (Å²) in [5.41, 5.74) is -0.251. The lowest BCUT2D eigenvalue weighted by Crippen LogP contribution is -2.37. The quantitative estimate of drug-likeness (QED) is 0.347. The lowest BCUT2D eigenvalue weighted by atomic mass is 9.98. The van der Waals surface area contributed by atoms with Crippen LogP contribution in [-0.4, -0.2) is 26.9 Å². The van der Waals surface area contributed by atoms with Crippen molar-refractivity contribution < 1.29 is 32.5 Å². The summed E-state index contributed by atoms with van der Waals surface area (Å²) in [5, 5.41) is 17.0. The van der Waals surface area contributed by atoms with Gasteiger partial charge in [-0.1, -0.05) is 30.3 Å². The Morgan fingerprint density at radius 2 is 1.62 bits per heavy atom. The Morgan fingerprint density at radius 1 is 0.971 bits per heavy atom. The van der Waals surface area contributed by atoms with E-state index in [-0.39, 0.29) is 0 Å². The van der Waals surface area contributed by atoms with Gasteiger partial charge in [-0.2, -0.15) is 18.3 Å². The van der Waals surface area contributed by atoms with Crippen molar-refractivity contribution in [1.29, 1.82) is 0 Å². The molecule has 1 heterocycles. The Morgan fingerprint density at radius 3 is 2.24 bits per heavy atom. The number of nitrogens with zero attached hydrogens (tertiary/aromatic N) is 1. The summed E-state index contributed by atoms with van der Waals surface area (Å²) in [6.45, 7) is 2.87. The highest BCUT2D eigenvalue weighted by atomic mass is 19.4. The molecule has 176 valence electrons. The molecule has 0 aliphatic rings. The number of carboxylic acid groups (broad SMARTS) is 1. The number of fused-ring (bicyclic) bond motifs is 1. The fourth-order valence-corrected chi connectivity index (χ4v) is 3.43. The summed E-state index contributed by atoms with van der Waals surface area (Å²) in [5.74, 6) is -0.355. The third-order valence-corrected chi connectivity index (χ3v) is 5.30. The summed E-state index contributed by atoms with van der Waals surface area (Å²) >= 11 is 0. The largest absolute Gasteiger partial charge is 0.481 e. The summed E-state index contributed by atoms with van der Waals surface area (Å²) in [4.78, 5) is 11.3. The van der Waals surface area contributed by atoms with Crippen LogP contribution in [0.4, 0.5) is 13.2 Å². The molecule has 0 amide bonds. The molecule has 0 fully saturated rings. The molecule has 4 aromatic rings. The van der Waals surface area contributed by atoms with Crippen LogP contribution in [0.5, 0.6) is 11.5 Å². The standard InChI is InChI=1S/C25H21F3N2O4/c1-24(2,23(31)32)34-19-12-10-18(11-13-19)33-22(15-6-8-17(9-7-15)25(26,27)28)20-5-3-4-16-14-29-30-21(16)20/h3-14,22H,1-2H3,(H,29,30)(H,31,32). The molecule has 2 N–H and O–H groups in total. The molecule has 0 bridgehead atoms. The number of aromatic amines is 1. The van der Waals surface area contributed by atoms with Crippen molar-refractivity contribution in [3.8, 4) is 11.5 Å². The molecule has 0 saturated carbocycles. The normalized spacial score (nSPS) is 13.0. The molecule has 1 aromatic heterocycles. The van der Waals surface area contributed by atoms with E-state index in [1.165, 1.54) is 26.0 Å². The number of rotatable bonds is 7. The summed E-state index contributed by atoms with van der Waals surface area (Å²) in [6.07, 6.45) is -3.54. The molecular formula is C25H21F3N2O4. The van der Waals surface area contributed by atoms with Crippen molar-refractivity contribution in [2.45, 2.75) is 31.7 Å². The molecule has 1 unspecified atom stereocenters. The number of alkyl halides is 3. The number of benzene rings is 3. The molecular weight excluding hydrogens is 449 g/mol. The second-order valence-corrected chi connectivity index (χ2v) is 8.19. The van der Waals surface area contributed by atoms with Gasteiger partial charge in [0.15, 0.2) is 11.7 Å². The molecule has 0 saturated heterocycles. The zero-order chi connectivity index (χ0) is 24.5. The van der Waals surface area contributed by atoms with Crippen LogP contribution in [0, 0.1) is 0 Å². The monoisotopic (exact) mass is 470 g/mol. The Bertz CT molecular complexity index is 1300. The first-order valence-electron chi connectivity index (χ1n) is 10.3. The second-order valence-electron chi connectivity index (χ2n) is 8.19. The fourth-order valence-electron chi connectivity index (χ4n) is 3.43. The number of hydrogen-bond donors (Lipinski definition) is 2. The van der Waals surface area contributed by atoms with Crippen LogP contribution in [0.25, 0.3) is 10.9 Å². The highest BCUT2D eigenvalue weighted by molar-refractivity contribution is 5.82. The van der Waals surface area contributed by atoms with Crippen LogP contribution in [0.2, 0.25) is 0 Å². The molecule has 34 heavy (non-hydrogen) atoms. The third-order valence-electron chi connectivity index (χ3n) is 5.30. The van der Waals surface area contributed by atoms with Gasteiger partial charge in [-0.05, 0) is 55.8 Å². The van der Waals surface area contributed by atoms with Gasteiger partial charge in [0.1, 0.15) is 11.5 Å². The van der Waals surface area contributed by atoms with E-state index in [1.54, 1.807) is 30.5 Å². The van der Waals surface area contributed by atoms with E-state index in [2.05, 4.69) is 10.2 Å². The Balaban J connectivity index is 1.68. The number of carboxylic acids is 1. The highest BCUT2D eigenvalue weighted by Crippen LogP contribution is 2.35. The lowest BCUT2D eigenvalue weighted by Gasteiger charge is -2.23. The zero-order valence-electron chi connectivity index (χ0n) is 18.3. The van der Waals surface area contributed by atoms with Crippen molar-refractivity contribution >= 4 is 16.9 Å². The van der Waals surface area contributed by atoms with Crippen molar-refractivity contribution in [2.24, 2.45) is 0 Å². The summed E-state index contributed by atoms with van der Waals surface area (Å²) in [6, 6.07) is 16.7. The number of aromatic nitrogens is 2. The zero-order valence-corrected chi connectivity index (χ0v) is 18.3. The molecule has 9 heteroatoms. The third kappa shape index (κ3) is 4.83. The number of H-pyrrole nitrogens is 1.